The van der Waals surface area contributed by atoms with E-state index >= 15 is 0 Å². The topological polar surface area (TPSA) is 91.0 Å². The lowest BCUT2D eigenvalue weighted by atomic mass is 9.66. The van der Waals surface area contributed by atoms with Crippen molar-refractivity contribution in [2.45, 2.75) is 106 Å². The molecule has 1 aliphatic carbocycles. The van der Waals surface area contributed by atoms with Gasteiger partial charge in [-0.2, -0.15) is 0 Å². The second-order valence-corrected chi connectivity index (χ2v) is 16.0. The van der Waals surface area contributed by atoms with Gasteiger partial charge in [0.25, 0.3) is 5.91 Å². The van der Waals surface area contributed by atoms with Crippen LogP contribution in [0, 0.1) is 52.4 Å². The first kappa shape index (κ1) is 35.4. The minimum absolute atomic E-state index is 0.237. The molecule has 0 radical (unpaired) electrons. The van der Waals surface area contributed by atoms with E-state index in [1.165, 1.54) is 5.56 Å². The molecule has 2 fully saturated rings. The molecule has 52 heavy (non-hydrogen) atoms. The number of pyridine rings is 2. The summed E-state index contributed by atoms with van der Waals surface area (Å²) in [5, 5.41) is 3.40. The average Bonchev–Trinajstić information content (AvgIpc) is 3.72. The van der Waals surface area contributed by atoms with Gasteiger partial charge >= 0.3 is 5.97 Å². The molecule has 0 unspecified atom stereocenters. The molecule has 2 bridgehead atoms. The van der Waals surface area contributed by atoms with Crippen molar-refractivity contribution < 1.29 is 14.3 Å². The molecule has 270 valence electrons. The first-order valence-electron chi connectivity index (χ1n) is 18.5. The Morgan fingerprint density at radius 3 is 1.85 bits per heavy atom. The van der Waals surface area contributed by atoms with Crippen LogP contribution in [-0.2, 0) is 33.6 Å². The maximum absolute atomic E-state index is 14.5. The lowest BCUT2D eigenvalue weighted by Crippen LogP contribution is -2.54. The van der Waals surface area contributed by atoms with Gasteiger partial charge in [0.05, 0.1) is 11.5 Å². The highest BCUT2D eigenvalue weighted by Gasteiger charge is 2.75. The molecular formula is C44H51N5O3. The van der Waals surface area contributed by atoms with Crippen LogP contribution in [0.5, 0.6) is 0 Å². The van der Waals surface area contributed by atoms with Crippen LogP contribution >= 0.6 is 0 Å². The first-order valence-corrected chi connectivity index (χ1v) is 18.5. The highest BCUT2D eigenvalue weighted by molar-refractivity contribution is 5.96. The SMILES string of the molecule is Cc1cc(CCc2cccc([C@@H](Cc3cc(C)cc(-n4c(C)ccc4C)n3)NC(=O)[C@]34CC[C@](C)(C(=O)O3)C4(C)C)c2)nc(-n2c(C)ccc2C)c1. The highest BCUT2D eigenvalue weighted by Crippen LogP contribution is 2.65. The lowest BCUT2D eigenvalue weighted by Gasteiger charge is -2.36. The predicted molar refractivity (Wildman–Crippen MR) is 204 cm³/mol. The Morgan fingerprint density at radius 2 is 1.31 bits per heavy atom. The van der Waals surface area contributed by atoms with E-state index in [1.807, 2.05) is 20.8 Å². The van der Waals surface area contributed by atoms with Crippen molar-refractivity contribution in [3.05, 3.63) is 129 Å². The number of esters is 1. The zero-order valence-electron chi connectivity index (χ0n) is 32.1. The predicted octanol–water partition coefficient (Wildman–Crippen LogP) is 8.22. The maximum atomic E-state index is 14.5. The quantitative estimate of drug-likeness (QED) is 0.149. The molecule has 0 spiro atoms. The molecule has 1 aliphatic heterocycles. The Kier molecular flexibility index (Phi) is 8.79. The molecule has 3 atom stereocenters. The van der Waals surface area contributed by atoms with Crippen molar-refractivity contribution in [3.8, 4) is 11.6 Å². The summed E-state index contributed by atoms with van der Waals surface area (Å²) in [7, 11) is 0. The Balaban J connectivity index is 1.20. The van der Waals surface area contributed by atoms with Gasteiger partial charge in [0, 0.05) is 46.0 Å². The third-order valence-electron chi connectivity index (χ3n) is 12.2. The average molecular weight is 698 g/mol. The lowest BCUT2D eigenvalue weighted by molar-refractivity contribution is -0.168. The van der Waals surface area contributed by atoms with Crippen LogP contribution in [-0.4, -0.2) is 36.6 Å². The molecule has 1 N–H and O–H groups in total. The Bertz CT molecular complexity index is 2170. The summed E-state index contributed by atoms with van der Waals surface area (Å²) in [5.74, 6) is 1.29. The van der Waals surface area contributed by atoms with Gasteiger partial charge in [0.2, 0.25) is 0 Å². The number of amides is 1. The van der Waals surface area contributed by atoms with Gasteiger partial charge < -0.3 is 19.2 Å². The largest absolute Gasteiger partial charge is 0.448 e. The van der Waals surface area contributed by atoms with E-state index in [2.05, 4.69) is 129 Å². The summed E-state index contributed by atoms with van der Waals surface area (Å²) in [4.78, 5) is 37.8. The number of aromatic nitrogens is 4. The van der Waals surface area contributed by atoms with Crippen LogP contribution in [0.3, 0.4) is 0 Å². The molecule has 8 nitrogen and oxygen atoms in total. The molecule has 8 heteroatoms. The van der Waals surface area contributed by atoms with Crippen LogP contribution < -0.4 is 5.32 Å². The minimum Gasteiger partial charge on any atom is -0.448 e. The number of nitrogens with one attached hydrogen (secondary N) is 1. The number of hydrogen-bond acceptors (Lipinski definition) is 5. The van der Waals surface area contributed by atoms with Crippen molar-refractivity contribution in [1.29, 1.82) is 0 Å². The van der Waals surface area contributed by atoms with Crippen molar-refractivity contribution in [3.63, 3.8) is 0 Å². The molecular weight excluding hydrogens is 647 g/mol. The van der Waals surface area contributed by atoms with E-state index in [1.54, 1.807) is 0 Å². The number of benzene rings is 1. The number of carbonyl (C=O) groups excluding carboxylic acids is 2. The summed E-state index contributed by atoms with van der Waals surface area (Å²) in [6, 6.07) is 25.0. The number of rotatable bonds is 10. The molecule has 1 aromatic carbocycles. The third-order valence-corrected chi connectivity index (χ3v) is 12.2. The van der Waals surface area contributed by atoms with Crippen LogP contribution in [0.15, 0.2) is 72.8 Å². The Hall–Kier alpha value is -4.98. The van der Waals surface area contributed by atoms with E-state index in [4.69, 9.17) is 14.7 Å². The van der Waals surface area contributed by atoms with E-state index < -0.39 is 22.5 Å². The number of nitrogens with zero attached hydrogens (tertiary/aromatic N) is 4. The van der Waals surface area contributed by atoms with E-state index in [0.29, 0.717) is 19.3 Å². The summed E-state index contributed by atoms with van der Waals surface area (Å²) >= 11 is 0. The van der Waals surface area contributed by atoms with Crippen LogP contribution in [0.25, 0.3) is 11.6 Å². The molecule has 5 heterocycles. The van der Waals surface area contributed by atoms with E-state index in [-0.39, 0.29) is 11.9 Å². The Labute approximate surface area is 307 Å². The van der Waals surface area contributed by atoms with Gasteiger partial charge in [-0.05, 0) is 145 Å². The van der Waals surface area contributed by atoms with Gasteiger partial charge in [-0.15, -0.1) is 0 Å². The van der Waals surface area contributed by atoms with Crippen LogP contribution in [0.1, 0.15) is 96.1 Å². The van der Waals surface area contributed by atoms with E-state index in [9.17, 15) is 9.59 Å². The molecule has 1 saturated heterocycles. The summed E-state index contributed by atoms with van der Waals surface area (Å²) < 4.78 is 10.4. The van der Waals surface area contributed by atoms with Gasteiger partial charge in [0.15, 0.2) is 5.60 Å². The number of fused-ring (bicyclic) bond motifs is 2. The fourth-order valence-electron chi connectivity index (χ4n) is 8.68. The van der Waals surface area contributed by atoms with Gasteiger partial charge in [0.1, 0.15) is 11.6 Å². The fraction of sp³-hybridized carbons (Fsp3) is 0.409. The number of ether oxygens (including phenoxy) is 1. The molecule has 1 saturated carbocycles. The monoisotopic (exact) mass is 697 g/mol. The second kappa shape index (κ2) is 12.9. The second-order valence-electron chi connectivity index (χ2n) is 16.0. The summed E-state index contributed by atoms with van der Waals surface area (Å²) in [6.07, 6.45) is 3.18. The normalized spacial score (nSPS) is 21.0. The number of carbonyl (C=O) groups is 2. The smallest absolute Gasteiger partial charge is 0.313 e. The Morgan fingerprint density at radius 1 is 0.750 bits per heavy atom. The van der Waals surface area contributed by atoms with Gasteiger partial charge in [-0.25, -0.2) is 9.97 Å². The summed E-state index contributed by atoms with van der Waals surface area (Å²) in [6.45, 7) is 18.5. The molecule has 2 aliphatic rings. The molecule has 7 rings (SSSR count). The van der Waals surface area contributed by atoms with Crippen molar-refractivity contribution >= 4 is 11.9 Å². The van der Waals surface area contributed by atoms with Crippen LogP contribution in [0.2, 0.25) is 0 Å². The number of aryl methyl sites for hydroxylation is 8. The standard InChI is InChI=1S/C44H51N5O3/c1-27-21-35(45-38(23-27)48-29(3)13-14-30(48)4)18-17-33-11-10-12-34(25-33)37(47-40(50)44-20-19-43(9,41(51)52-44)42(44,7)8)26-36-22-28(2)24-39(46-36)49-31(5)15-16-32(49)6/h10-16,21-25,37H,17-20,26H2,1-9H3,(H,47,50)/t37-,43-,44+/m1/s1. The fourth-order valence-corrected chi connectivity index (χ4v) is 8.68. The van der Waals surface area contributed by atoms with Crippen LogP contribution in [0.4, 0.5) is 0 Å². The van der Waals surface area contributed by atoms with Gasteiger partial charge in [-0.1, -0.05) is 38.1 Å². The third kappa shape index (κ3) is 5.86. The number of hydrogen-bond donors (Lipinski definition) is 1. The van der Waals surface area contributed by atoms with E-state index in [0.717, 1.165) is 75.3 Å². The van der Waals surface area contributed by atoms with Crippen molar-refractivity contribution in [2.24, 2.45) is 10.8 Å². The molecule has 5 aromatic rings. The zero-order chi connectivity index (χ0) is 37.2. The van der Waals surface area contributed by atoms with Gasteiger partial charge in [-0.3, -0.25) is 9.59 Å². The zero-order valence-corrected chi connectivity index (χ0v) is 32.1. The molecule has 1 amide bonds. The molecule has 4 aromatic heterocycles. The van der Waals surface area contributed by atoms with Crippen molar-refractivity contribution in [1.82, 2.24) is 24.4 Å². The maximum Gasteiger partial charge on any atom is 0.313 e. The first-order chi connectivity index (χ1) is 24.6. The summed E-state index contributed by atoms with van der Waals surface area (Å²) in [5.41, 5.74) is 8.32. The highest BCUT2D eigenvalue weighted by atomic mass is 16.6. The van der Waals surface area contributed by atoms with Crippen molar-refractivity contribution in [2.75, 3.05) is 0 Å². The minimum atomic E-state index is -1.22.